The Hall–Kier alpha value is -5.95. The molecule has 316 valence electrons. The average molecular weight is 809 g/mol. The van der Waals surface area contributed by atoms with Crippen LogP contribution in [0.2, 0.25) is 0 Å². The maximum absolute atomic E-state index is 13.3. The van der Waals surface area contributed by atoms with Gasteiger partial charge in [-0.2, -0.15) is 15.0 Å². The molecule has 0 unspecified atom stereocenters. The maximum Gasteiger partial charge on any atom is 0.306 e. The molecule has 18 nitrogen and oxygen atoms in total. The number of aliphatic carboxylic acids is 1. The van der Waals surface area contributed by atoms with Gasteiger partial charge in [0.2, 0.25) is 23.6 Å². The number of unbranched alkanes of at least 4 members (excludes halogenated alkanes) is 1. The van der Waals surface area contributed by atoms with Crippen LogP contribution in [0.25, 0.3) is 0 Å². The normalized spacial score (nSPS) is 16.8. The van der Waals surface area contributed by atoms with Crippen molar-refractivity contribution in [1.82, 2.24) is 41.6 Å². The standard InChI is InChI=1S/C26H41N7O5.C13H16FN5O/c1-16(27)22(34)32-20(9-5-6-14-30-26(28)29)23(35)33-21(15-17-7-3-2-4-8-17)24(36)31-19-12-10-18(11-13-19)25(37)38;1-15-9-13(20)18-12(19-16-6-7-17-19)8-10-2-4-11(14)5-3-10/h2-4,7-8,16,18-21H,5-6,9-15,27H2,1H3,(H,31,36)(H,32,34)(H,33,35)(H,37,38)(H4,28,29,30);2-7,12,15H,8-9H2,1H3,(H,18,20)/t16-,18?,19?,20-,21-;12-/m00/s1. The highest BCUT2D eigenvalue weighted by Crippen LogP contribution is 2.24. The number of likely N-dealkylation sites (N-methyl/N-ethyl adjacent to an activating group) is 1. The largest absolute Gasteiger partial charge is 0.481 e. The molecule has 0 saturated heterocycles. The molecule has 1 aromatic heterocycles. The number of aliphatic imine (C=N–C) groups is 1. The summed E-state index contributed by atoms with van der Waals surface area (Å²) in [6, 6.07) is 12.6. The summed E-state index contributed by atoms with van der Waals surface area (Å²) in [6.07, 6.45) is 6.95. The minimum absolute atomic E-state index is 0.0178. The molecule has 0 aliphatic heterocycles. The fourth-order valence-corrected chi connectivity index (χ4v) is 6.18. The molecule has 58 heavy (non-hydrogen) atoms. The Bertz CT molecular complexity index is 1750. The molecule has 19 heteroatoms. The molecule has 1 saturated carbocycles. The van der Waals surface area contributed by atoms with Crippen LogP contribution >= 0.6 is 0 Å². The minimum atomic E-state index is -0.898. The van der Waals surface area contributed by atoms with Gasteiger partial charge in [0, 0.05) is 25.4 Å². The Morgan fingerprint density at radius 2 is 1.47 bits per heavy atom. The lowest BCUT2D eigenvalue weighted by atomic mass is 9.86. The Labute approximate surface area is 337 Å². The van der Waals surface area contributed by atoms with Crippen LogP contribution in [0.1, 0.15) is 69.2 Å². The Morgan fingerprint density at radius 1 is 0.845 bits per heavy atom. The Morgan fingerprint density at radius 3 is 2.05 bits per heavy atom. The van der Waals surface area contributed by atoms with Crippen molar-refractivity contribution in [3.05, 3.63) is 83.9 Å². The molecule has 1 aliphatic carbocycles. The van der Waals surface area contributed by atoms with Gasteiger partial charge >= 0.3 is 5.97 Å². The number of halogens is 1. The van der Waals surface area contributed by atoms with Crippen LogP contribution in [0, 0.1) is 11.7 Å². The van der Waals surface area contributed by atoms with Crippen molar-refractivity contribution in [2.75, 3.05) is 20.1 Å². The van der Waals surface area contributed by atoms with Crippen molar-refractivity contribution < 1.29 is 33.5 Å². The number of benzene rings is 2. The zero-order valence-corrected chi connectivity index (χ0v) is 33.0. The second-order valence-corrected chi connectivity index (χ2v) is 14.1. The first kappa shape index (κ1) is 46.4. The number of carboxylic acids is 1. The summed E-state index contributed by atoms with van der Waals surface area (Å²) in [5.41, 5.74) is 18.1. The van der Waals surface area contributed by atoms with E-state index >= 15 is 0 Å². The summed E-state index contributed by atoms with van der Waals surface area (Å²) in [5, 5.41) is 31.4. The first-order chi connectivity index (χ1) is 27.7. The van der Waals surface area contributed by atoms with E-state index in [1.54, 1.807) is 31.6 Å². The first-order valence-electron chi connectivity index (χ1n) is 19.3. The first-order valence-corrected chi connectivity index (χ1v) is 19.3. The highest BCUT2D eigenvalue weighted by molar-refractivity contribution is 5.93. The van der Waals surface area contributed by atoms with E-state index in [2.05, 4.69) is 41.8 Å². The summed E-state index contributed by atoms with van der Waals surface area (Å²) in [4.78, 5) is 67.2. The maximum atomic E-state index is 13.3. The average Bonchev–Trinajstić information content (AvgIpc) is 3.74. The van der Waals surface area contributed by atoms with Gasteiger partial charge in [0.25, 0.3) is 0 Å². The number of carboxylic acid groups (broad SMARTS) is 1. The molecule has 12 N–H and O–H groups in total. The summed E-state index contributed by atoms with van der Waals surface area (Å²) < 4.78 is 12.9. The Balaban J connectivity index is 0.000000375. The zero-order chi connectivity index (χ0) is 42.5. The van der Waals surface area contributed by atoms with Gasteiger partial charge in [0.05, 0.1) is 30.9 Å². The molecule has 2 aromatic carbocycles. The lowest BCUT2D eigenvalue weighted by Gasteiger charge is -2.29. The van der Waals surface area contributed by atoms with Crippen LogP contribution in [0.3, 0.4) is 0 Å². The third-order valence-electron chi connectivity index (χ3n) is 9.30. The van der Waals surface area contributed by atoms with E-state index in [1.165, 1.54) is 23.9 Å². The van der Waals surface area contributed by atoms with Crippen molar-refractivity contribution in [3.63, 3.8) is 0 Å². The van der Waals surface area contributed by atoms with E-state index in [4.69, 9.17) is 17.2 Å². The van der Waals surface area contributed by atoms with Gasteiger partial charge in [-0.3, -0.25) is 29.0 Å². The Kier molecular flexibility index (Phi) is 19.7. The predicted octanol–water partition coefficient (Wildman–Crippen LogP) is 0.243. The highest BCUT2D eigenvalue weighted by atomic mass is 19.1. The summed E-state index contributed by atoms with van der Waals surface area (Å²) in [7, 11) is 1.70. The number of nitrogens with one attached hydrogen (secondary N) is 5. The number of rotatable bonds is 20. The predicted molar refractivity (Wildman–Crippen MR) is 215 cm³/mol. The monoisotopic (exact) mass is 808 g/mol. The number of carbonyl (C=O) groups excluding carboxylic acids is 4. The zero-order valence-electron chi connectivity index (χ0n) is 33.0. The molecule has 4 atom stereocenters. The third kappa shape index (κ3) is 17.0. The van der Waals surface area contributed by atoms with Crippen molar-refractivity contribution in [2.24, 2.45) is 28.1 Å². The van der Waals surface area contributed by atoms with Gasteiger partial charge in [0.15, 0.2) is 5.96 Å². The van der Waals surface area contributed by atoms with E-state index < -0.39 is 48.0 Å². The van der Waals surface area contributed by atoms with Crippen molar-refractivity contribution >= 4 is 35.6 Å². The third-order valence-corrected chi connectivity index (χ3v) is 9.30. The molecule has 0 bridgehead atoms. The van der Waals surface area contributed by atoms with Crippen LogP contribution in [-0.2, 0) is 36.8 Å². The molecule has 4 amide bonds. The van der Waals surface area contributed by atoms with E-state index in [9.17, 15) is 33.5 Å². The van der Waals surface area contributed by atoms with Crippen LogP contribution in [0.5, 0.6) is 0 Å². The van der Waals surface area contributed by atoms with E-state index in [-0.39, 0.29) is 42.6 Å². The van der Waals surface area contributed by atoms with Gasteiger partial charge < -0.3 is 48.9 Å². The van der Waals surface area contributed by atoms with E-state index in [1.807, 2.05) is 30.3 Å². The second-order valence-electron chi connectivity index (χ2n) is 14.1. The number of guanidine groups is 1. The molecule has 1 fully saturated rings. The lowest BCUT2D eigenvalue weighted by Crippen LogP contribution is -2.57. The van der Waals surface area contributed by atoms with Gasteiger partial charge in [-0.05, 0) is 82.2 Å². The van der Waals surface area contributed by atoms with Crippen LogP contribution < -0.4 is 43.8 Å². The second kappa shape index (κ2) is 24.6. The molecule has 3 aromatic rings. The van der Waals surface area contributed by atoms with Gasteiger partial charge in [-0.1, -0.05) is 42.5 Å². The minimum Gasteiger partial charge on any atom is -0.481 e. The van der Waals surface area contributed by atoms with Gasteiger partial charge in [-0.15, -0.1) is 0 Å². The number of carbonyl (C=O) groups is 5. The van der Waals surface area contributed by atoms with Crippen molar-refractivity contribution in [2.45, 2.75) is 95.0 Å². The van der Waals surface area contributed by atoms with Crippen LogP contribution in [0.15, 0.2) is 72.0 Å². The quantitative estimate of drug-likeness (QED) is 0.0422. The summed E-state index contributed by atoms with van der Waals surface area (Å²) >= 11 is 0. The van der Waals surface area contributed by atoms with Crippen LogP contribution in [-0.4, -0.2) is 100.0 Å². The summed E-state index contributed by atoms with van der Waals surface area (Å²) in [6.45, 7) is 2.12. The van der Waals surface area contributed by atoms with E-state index in [0.717, 1.165) is 11.1 Å². The molecule has 1 aliphatic rings. The fraction of sp³-hybridized carbons (Fsp3) is 0.487. The smallest absolute Gasteiger partial charge is 0.306 e. The molecular weight excluding hydrogens is 752 g/mol. The van der Waals surface area contributed by atoms with Crippen molar-refractivity contribution in [1.29, 1.82) is 0 Å². The summed E-state index contributed by atoms with van der Waals surface area (Å²) in [5.74, 6) is -3.01. The van der Waals surface area contributed by atoms with Crippen molar-refractivity contribution in [3.8, 4) is 0 Å². The van der Waals surface area contributed by atoms with Gasteiger partial charge in [-0.25, -0.2) is 4.39 Å². The lowest BCUT2D eigenvalue weighted by molar-refractivity contribution is -0.143. The highest BCUT2D eigenvalue weighted by Gasteiger charge is 2.31. The molecule has 0 spiro atoms. The van der Waals surface area contributed by atoms with Gasteiger partial charge in [0.1, 0.15) is 24.1 Å². The molecule has 4 rings (SSSR count). The number of nitrogens with two attached hydrogens (primary N) is 3. The number of aromatic nitrogens is 3. The molecule has 1 heterocycles. The SMILES string of the molecule is CNCC(=O)N[C@H](Cc1ccc(F)cc1)n1nccn1.C[C@H](N)C(=O)N[C@@H](CCCCN=C(N)N)C(=O)N[C@@H](Cc1ccccc1)C(=O)NC1CCC(C(=O)O)CC1. The number of hydrogen-bond acceptors (Lipinski definition) is 10. The van der Waals surface area contributed by atoms with Crippen LogP contribution in [0.4, 0.5) is 4.39 Å². The molecule has 0 radical (unpaired) electrons. The fourth-order valence-electron chi connectivity index (χ4n) is 6.18. The number of amides is 4. The number of hydrogen-bond donors (Lipinski definition) is 9. The van der Waals surface area contributed by atoms with E-state index in [0.29, 0.717) is 57.9 Å². The molecular formula is C39H57FN12O6. The topological polar surface area (TPSA) is 287 Å². The number of nitrogens with zero attached hydrogens (tertiary/aromatic N) is 4.